The Bertz CT molecular complexity index is 1050. The van der Waals surface area contributed by atoms with Crippen LogP contribution in [0.5, 0.6) is 11.5 Å². The molecule has 0 unspecified atom stereocenters. The Morgan fingerprint density at radius 3 is 2.23 bits per heavy atom. The van der Waals surface area contributed by atoms with Crippen molar-refractivity contribution in [1.29, 1.82) is 0 Å². The average molecular weight is 419 g/mol. The Kier molecular flexibility index (Phi) is 6.95. The van der Waals surface area contributed by atoms with Gasteiger partial charge >= 0.3 is 5.69 Å². The molecule has 0 saturated heterocycles. The number of ether oxygens (including phenoxy) is 1. The van der Waals surface area contributed by atoms with Crippen molar-refractivity contribution in [2.24, 2.45) is 5.10 Å². The fraction of sp³-hybridized carbons (Fsp3) is 0.130. The lowest BCUT2D eigenvalue weighted by molar-refractivity contribution is -0.386. The molecule has 0 saturated carbocycles. The van der Waals surface area contributed by atoms with E-state index in [9.17, 15) is 20.0 Å². The van der Waals surface area contributed by atoms with Crippen LogP contribution in [0.1, 0.15) is 29.5 Å². The summed E-state index contributed by atoms with van der Waals surface area (Å²) in [5, 5.41) is 25.1. The van der Waals surface area contributed by atoms with Gasteiger partial charge in [0, 0.05) is 11.6 Å². The van der Waals surface area contributed by atoms with Crippen molar-refractivity contribution in [2.75, 3.05) is 6.61 Å². The van der Waals surface area contributed by atoms with E-state index in [1.165, 1.54) is 12.3 Å². The molecule has 0 aliphatic carbocycles. The number of nitro benzene ring substituents is 1. The Morgan fingerprint density at radius 1 is 1.13 bits per heavy atom. The Hall–Kier alpha value is -4.20. The number of nitro groups is 1. The van der Waals surface area contributed by atoms with E-state index in [-0.39, 0.29) is 18.3 Å². The first-order valence-corrected chi connectivity index (χ1v) is 9.58. The van der Waals surface area contributed by atoms with Gasteiger partial charge in [0.25, 0.3) is 5.91 Å². The lowest BCUT2D eigenvalue weighted by Crippen LogP contribution is -2.26. The predicted molar refractivity (Wildman–Crippen MR) is 116 cm³/mol. The summed E-state index contributed by atoms with van der Waals surface area (Å²) in [5.74, 6) is -1.52. The molecule has 0 radical (unpaired) electrons. The summed E-state index contributed by atoms with van der Waals surface area (Å²) in [6, 6.07) is 21.2. The zero-order chi connectivity index (χ0) is 22.2. The molecule has 158 valence electrons. The molecule has 8 heteroatoms. The second-order valence-corrected chi connectivity index (χ2v) is 6.57. The summed E-state index contributed by atoms with van der Waals surface area (Å²) >= 11 is 0. The van der Waals surface area contributed by atoms with Crippen LogP contribution in [0.3, 0.4) is 0 Å². The molecular weight excluding hydrogens is 398 g/mol. The Labute approximate surface area is 179 Å². The number of nitrogens with one attached hydrogen (secondary N) is 1. The van der Waals surface area contributed by atoms with Crippen molar-refractivity contribution in [3.8, 4) is 11.5 Å². The lowest BCUT2D eigenvalue weighted by Gasteiger charge is -2.16. The number of phenolic OH excluding ortho intramolecular Hbond substituents is 1. The zero-order valence-corrected chi connectivity index (χ0v) is 16.8. The molecule has 0 fully saturated rings. The highest BCUT2D eigenvalue weighted by molar-refractivity contribution is 5.89. The van der Waals surface area contributed by atoms with Crippen LogP contribution < -0.4 is 10.2 Å². The Morgan fingerprint density at radius 2 is 1.71 bits per heavy atom. The monoisotopic (exact) mass is 419 g/mol. The fourth-order valence-corrected chi connectivity index (χ4v) is 3.11. The smallest absolute Gasteiger partial charge is 0.315 e. The SMILES string of the molecule is CCOc1cc(/C=N/NC(=O)C(c2ccccc2)c2ccccc2)cc([N+](=O)[O-])c1O. The van der Waals surface area contributed by atoms with Gasteiger partial charge < -0.3 is 9.84 Å². The molecule has 2 N–H and O–H groups in total. The molecule has 3 aromatic rings. The molecule has 0 aliphatic rings. The predicted octanol–water partition coefficient (Wildman–Crippen LogP) is 3.98. The van der Waals surface area contributed by atoms with Crippen LogP contribution in [0.4, 0.5) is 5.69 Å². The number of hydrazone groups is 1. The van der Waals surface area contributed by atoms with Crippen molar-refractivity contribution < 1.29 is 19.6 Å². The zero-order valence-electron chi connectivity index (χ0n) is 16.8. The molecular formula is C23H21N3O5. The number of rotatable bonds is 8. The fourth-order valence-electron chi connectivity index (χ4n) is 3.11. The molecule has 0 aromatic heterocycles. The van der Waals surface area contributed by atoms with Crippen LogP contribution in [0.15, 0.2) is 77.9 Å². The van der Waals surface area contributed by atoms with Crippen LogP contribution in [-0.2, 0) is 4.79 Å². The minimum atomic E-state index is -0.714. The first-order valence-electron chi connectivity index (χ1n) is 9.58. The summed E-state index contributed by atoms with van der Waals surface area (Å²) < 4.78 is 5.25. The minimum Gasteiger partial charge on any atom is -0.500 e. The summed E-state index contributed by atoms with van der Waals surface area (Å²) in [5.41, 5.74) is 3.90. The topological polar surface area (TPSA) is 114 Å². The number of hydrogen-bond acceptors (Lipinski definition) is 6. The number of nitrogens with zero attached hydrogens (tertiary/aromatic N) is 2. The maximum absolute atomic E-state index is 12.9. The highest BCUT2D eigenvalue weighted by atomic mass is 16.6. The molecule has 1 amide bonds. The van der Waals surface area contributed by atoms with Gasteiger partial charge in [0.1, 0.15) is 0 Å². The number of benzene rings is 3. The molecule has 0 bridgehead atoms. The highest BCUT2D eigenvalue weighted by Crippen LogP contribution is 2.36. The van der Waals surface area contributed by atoms with Crippen molar-refractivity contribution in [1.82, 2.24) is 5.43 Å². The van der Waals surface area contributed by atoms with E-state index in [0.29, 0.717) is 5.56 Å². The van der Waals surface area contributed by atoms with Gasteiger partial charge in [-0.25, -0.2) is 5.43 Å². The van der Waals surface area contributed by atoms with E-state index in [1.807, 2.05) is 60.7 Å². The maximum atomic E-state index is 12.9. The minimum absolute atomic E-state index is 0.0316. The molecule has 31 heavy (non-hydrogen) atoms. The third-order valence-corrected chi connectivity index (χ3v) is 4.49. The maximum Gasteiger partial charge on any atom is 0.315 e. The molecule has 0 heterocycles. The van der Waals surface area contributed by atoms with Crippen LogP contribution in [0.25, 0.3) is 0 Å². The van der Waals surface area contributed by atoms with Gasteiger partial charge in [-0.1, -0.05) is 60.7 Å². The second-order valence-electron chi connectivity index (χ2n) is 6.57. The van der Waals surface area contributed by atoms with E-state index in [0.717, 1.165) is 17.2 Å². The van der Waals surface area contributed by atoms with Crippen LogP contribution >= 0.6 is 0 Å². The average Bonchev–Trinajstić information content (AvgIpc) is 2.77. The molecule has 0 spiro atoms. The van der Waals surface area contributed by atoms with Gasteiger partial charge in [-0.2, -0.15) is 5.10 Å². The van der Waals surface area contributed by atoms with Gasteiger partial charge in [0.15, 0.2) is 5.75 Å². The van der Waals surface area contributed by atoms with E-state index in [4.69, 9.17) is 4.74 Å². The summed E-state index contributed by atoms with van der Waals surface area (Å²) in [7, 11) is 0. The quantitative estimate of drug-likeness (QED) is 0.326. The van der Waals surface area contributed by atoms with Gasteiger partial charge in [-0.3, -0.25) is 14.9 Å². The van der Waals surface area contributed by atoms with Crippen molar-refractivity contribution in [3.05, 3.63) is 99.6 Å². The molecule has 3 aromatic carbocycles. The van der Waals surface area contributed by atoms with E-state index in [2.05, 4.69) is 10.5 Å². The number of amides is 1. The van der Waals surface area contributed by atoms with Gasteiger partial charge in [0.05, 0.1) is 23.7 Å². The van der Waals surface area contributed by atoms with Crippen LogP contribution in [0, 0.1) is 10.1 Å². The highest BCUT2D eigenvalue weighted by Gasteiger charge is 2.22. The molecule has 0 atom stereocenters. The number of hydrogen-bond donors (Lipinski definition) is 2. The molecule has 3 rings (SSSR count). The third-order valence-electron chi connectivity index (χ3n) is 4.49. The largest absolute Gasteiger partial charge is 0.500 e. The van der Waals surface area contributed by atoms with Gasteiger partial charge in [-0.05, 0) is 24.1 Å². The second kappa shape index (κ2) is 10.0. The van der Waals surface area contributed by atoms with E-state index < -0.39 is 22.3 Å². The first-order chi connectivity index (χ1) is 15.0. The van der Waals surface area contributed by atoms with Crippen molar-refractivity contribution in [3.63, 3.8) is 0 Å². The van der Waals surface area contributed by atoms with Gasteiger partial charge in [-0.15, -0.1) is 0 Å². The summed E-state index contributed by atoms with van der Waals surface area (Å²) in [6.07, 6.45) is 1.26. The number of aromatic hydroxyl groups is 1. The van der Waals surface area contributed by atoms with Gasteiger partial charge in [0.2, 0.25) is 5.75 Å². The van der Waals surface area contributed by atoms with Crippen LogP contribution in [-0.4, -0.2) is 28.8 Å². The molecule has 0 aliphatic heterocycles. The Balaban J connectivity index is 1.85. The van der Waals surface area contributed by atoms with E-state index >= 15 is 0 Å². The van der Waals surface area contributed by atoms with E-state index in [1.54, 1.807) is 6.92 Å². The van der Waals surface area contributed by atoms with Crippen molar-refractivity contribution in [2.45, 2.75) is 12.8 Å². The third kappa shape index (κ3) is 5.24. The van der Waals surface area contributed by atoms with Crippen molar-refractivity contribution >= 4 is 17.8 Å². The number of carbonyl (C=O) groups is 1. The number of phenols is 1. The summed E-state index contributed by atoms with van der Waals surface area (Å²) in [6.45, 7) is 1.91. The van der Waals surface area contributed by atoms with Crippen LogP contribution in [0.2, 0.25) is 0 Å². The lowest BCUT2D eigenvalue weighted by atomic mass is 9.91. The molecule has 8 nitrogen and oxygen atoms in total. The standard InChI is InChI=1S/C23H21N3O5/c1-2-31-20-14-16(13-19(22(20)27)26(29)30)15-24-25-23(28)21(17-9-5-3-6-10-17)18-11-7-4-8-12-18/h3-15,21,27H,2H2,1H3,(H,25,28)/b24-15+. The normalized spacial score (nSPS) is 10.9. The summed E-state index contributed by atoms with van der Waals surface area (Å²) in [4.78, 5) is 23.4. The first kappa shape index (κ1) is 21.5. The number of carbonyl (C=O) groups excluding carboxylic acids is 1.